The van der Waals surface area contributed by atoms with Gasteiger partial charge in [0.05, 0.1) is 0 Å². The van der Waals surface area contributed by atoms with Crippen LogP contribution in [0, 0.1) is 5.92 Å². The van der Waals surface area contributed by atoms with Gasteiger partial charge in [0.1, 0.15) is 0 Å². The highest BCUT2D eigenvalue weighted by Crippen LogP contribution is 2.29. The van der Waals surface area contributed by atoms with E-state index >= 15 is 0 Å². The number of aliphatic imine (C=N–C) groups is 1. The summed E-state index contributed by atoms with van der Waals surface area (Å²) in [7, 11) is 2.11. The largest absolute Gasteiger partial charge is 0.353 e. The first-order chi connectivity index (χ1) is 9.63. The van der Waals surface area contributed by atoms with Gasteiger partial charge in [-0.25, -0.2) is 0 Å². The van der Waals surface area contributed by atoms with Gasteiger partial charge in [-0.3, -0.25) is 4.99 Å². The van der Waals surface area contributed by atoms with Crippen LogP contribution in [0.15, 0.2) is 34.2 Å². The van der Waals surface area contributed by atoms with Crippen molar-refractivity contribution in [2.75, 3.05) is 19.8 Å². The van der Waals surface area contributed by atoms with Gasteiger partial charge in [0.2, 0.25) is 0 Å². The molecule has 0 amide bonds. The summed E-state index contributed by atoms with van der Waals surface area (Å²) in [5.41, 5.74) is 1.32. The average Bonchev–Trinajstić information content (AvgIpc) is 3.14. The zero-order valence-corrected chi connectivity index (χ0v) is 13.7. The SMILES string of the molecule is CCN=C(NC1CC1C)N(C)Cc1ccc(SC)cc1. The molecule has 0 spiro atoms. The fourth-order valence-corrected chi connectivity index (χ4v) is 2.60. The van der Waals surface area contributed by atoms with Gasteiger partial charge in [-0.15, -0.1) is 11.8 Å². The van der Waals surface area contributed by atoms with Crippen LogP contribution in [0.5, 0.6) is 0 Å². The van der Waals surface area contributed by atoms with Crippen molar-refractivity contribution in [1.29, 1.82) is 0 Å². The van der Waals surface area contributed by atoms with Gasteiger partial charge in [0.25, 0.3) is 0 Å². The van der Waals surface area contributed by atoms with Crippen LogP contribution in [-0.4, -0.2) is 36.7 Å². The highest BCUT2D eigenvalue weighted by molar-refractivity contribution is 7.98. The molecular formula is C16H25N3S. The maximum Gasteiger partial charge on any atom is 0.194 e. The fourth-order valence-electron chi connectivity index (χ4n) is 2.19. The van der Waals surface area contributed by atoms with Crippen LogP contribution in [-0.2, 0) is 6.54 Å². The Balaban J connectivity index is 1.96. The highest BCUT2D eigenvalue weighted by atomic mass is 32.2. The summed E-state index contributed by atoms with van der Waals surface area (Å²) in [6.07, 6.45) is 3.37. The summed E-state index contributed by atoms with van der Waals surface area (Å²) in [5.74, 6) is 1.81. The second-order valence-corrected chi connectivity index (χ2v) is 6.35. The molecule has 1 aliphatic rings. The van der Waals surface area contributed by atoms with E-state index in [-0.39, 0.29) is 0 Å². The van der Waals surface area contributed by atoms with Crippen LogP contribution in [0.25, 0.3) is 0 Å². The van der Waals surface area contributed by atoms with Gasteiger partial charge >= 0.3 is 0 Å². The summed E-state index contributed by atoms with van der Waals surface area (Å²) in [4.78, 5) is 8.12. The van der Waals surface area contributed by atoms with E-state index in [1.807, 2.05) is 0 Å². The van der Waals surface area contributed by atoms with E-state index < -0.39 is 0 Å². The summed E-state index contributed by atoms with van der Waals surface area (Å²) in [5, 5.41) is 3.56. The van der Waals surface area contributed by atoms with Gasteiger partial charge in [-0.05, 0) is 43.2 Å². The highest BCUT2D eigenvalue weighted by Gasteiger charge is 2.33. The van der Waals surface area contributed by atoms with Crippen LogP contribution in [0.2, 0.25) is 0 Å². The first kappa shape index (κ1) is 15.2. The van der Waals surface area contributed by atoms with Crippen LogP contribution in [0.1, 0.15) is 25.8 Å². The Bertz CT molecular complexity index is 455. The van der Waals surface area contributed by atoms with Gasteiger partial charge in [-0.1, -0.05) is 19.1 Å². The van der Waals surface area contributed by atoms with E-state index in [0.29, 0.717) is 6.04 Å². The lowest BCUT2D eigenvalue weighted by molar-refractivity contribution is 0.473. The minimum Gasteiger partial charge on any atom is -0.353 e. The van der Waals surface area contributed by atoms with E-state index in [9.17, 15) is 0 Å². The maximum atomic E-state index is 4.60. The lowest BCUT2D eigenvalue weighted by Gasteiger charge is -2.22. The first-order valence-corrected chi connectivity index (χ1v) is 8.51. The lowest BCUT2D eigenvalue weighted by atomic mass is 10.2. The van der Waals surface area contributed by atoms with Crippen molar-refractivity contribution in [3.05, 3.63) is 29.8 Å². The third-order valence-electron chi connectivity index (χ3n) is 3.67. The molecule has 1 fully saturated rings. The number of hydrogen-bond acceptors (Lipinski definition) is 2. The van der Waals surface area contributed by atoms with E-state index in [2.05, 4.69) is 66.6 Å². The molecule has 20 heavy (non-hydrogen) atoms. The predicted molar refractivity (Wildman–Crippen MR) is 88.4 cm³/mol. The van der Waals surface area contributed by atoms with Crippen molar-refractivity contribution < 1.29 is 0 Å². The van der Waals surface area contributed by atoms with Gasteiger partial charge in [0, 0.05) is 31.1 Å². The average molecular weight is 291 g/mol. The number of rotatable bonds is 5. The van der Waals surface area contributed by atoms with Crippen molar-refractivity contribution in [3.63, 3.8) is 0 Å². The number of hydrogen-bond donors (Lipinski definition) is 1. The monoisotopic (exact) mass is 291 g/mol. The van der Waals surface area contributed by atoms with Crippen molar-refractivity contribution >= 4 is 17.7 Å². The molecule has 0 heterocycles. The molecule has 1 aromatic rings. The second kappa shape index (κ2) is 7.02. The molecule has 0 saturated heterocycles. The molecule has 1 N–H and O–H groups in total. The molecule has 2 rings (SSSR count). The topological polar surface area (TPSA) is 27.6 Å². The number of benzene rings is 1. The van der Waals surface area contributed by atoms with Crippen LogP contribution < -0.4 is 5.32 Å². The third-order valence-corrected chi connectivity index (χ3v) is 4.42. The van der Waals surface area contributed by atoms with Crippen molar-refractivity contribution in [2.24, 2.45) is 10.9 Å². The molecule has 0 aliphatic heterocycles. The minimum atomic E-state index is 0.613. The summed E-state index contributed by atoms with van der Waals surface area (Å²) in [6.45, 7) is 6.07. The van der Waals surface area contributed by atoms with Gasteiger partial charge < -0.3 is 10.2 Å². The Morgan fingerprint density at radius 1 is 1.40 bits per heavy atom. The summed E-state index contributed by atoms with van der Waals surface area (Å²) in [6, 6.07) is 9.38. The molecule has 0 aromatic heterocycles. The minimum absolute atomic E-state index is 0.613. The third kappa shape index (κ3) is 4.17. The molecule has 2 unspecified atom stereocenters. The molecule has 0 bridgehead atoms. The Morgan fingerprint density at radius 3 is 2.55 bits per heavy atom. The summed E-state index contributed by atoms with van der Waals surface area (Å²) < 4.78 is 0. The van der Waals surface area contributed by atoms with Crippen LogP contribution >= 0.6 is 11.8 Å². The molecule has 1 saturated carbocycles. The zero-order chi connectivity index (χ0) is 14.5. The standard InChI is InChI=1S/C16H25N3S/c1-5-17-16(18-15-10-12(15)2)19(3)11-13-6-8-14(20-4)9-7-13/h6-9,12,15H,5,10-11H2,1-4H3,(H,17,18). The first-order valence-electron chi connectivity index (χ1n) is 7.29. The number of nitrogens with zero attached hydrogens (tertiary/aromatic N) is 2. The van der Waals surface area contributed by atoms with Crippen molar-refractivity contribution in [1.82, 2.24) is 10.2 Å². The smallest absolute Gasteiger partial charge is 0.194 e. The van der Waals surface area contributed by atoms with E-state index in [1.54, 1.807) is 11.8 Å². The van der Waals surface area contributed by atoms with Crippen molar-refractivity contribution in [2.45, 2.75) is 37.8 Å². The van der Waals surface area contributed by atoms with Gasteiger partial charge in [0.15, 0.2) is 5.96 Å². The maximum absolute atomic E-state index is 4.60. The van der Waals surface area contributed by atoms with Crippen molar-refractivity contribution in [3.8, 4) is 0 Å². The number of guanidine groups is 1. The Labute approximate surface area is 126 Å². The molecule has 2 atom stereocenters. The molecule has 1 aliphatic carbocycles. The summed E-state index contributed by atoms with van der Waals surface area (Å²) >= 11 is 1.78. The lowest BCUT2D eigenvalue weighted by Crippen LogP contribution is -2.40. The Kier molecular flexibility index (Phi) is 5.35. The van der Waals surface area contributed by atoms with Crippen LogP contribution in [0.4, 0.5) is 0 Å². The zero-order valence-electron chi connectivity index (χ0n) is 12.9. The quantitative estimate of drug-likeness (QED) is 0.513. The predicted octanol–water partition coefficient (Wildman–Crippen LogP) is 3.21. The molecule has 1 aromatic carbocycles. The molecular weight excluding hydrogens is 266 g/mol. The Morgan fingerprint density at radius 2 is 2.05 bits per heavy atom. The molecule has 3 nitrogen and oxygen atoms in total. The normalized spacial score (nSPS) is 21.7. The van der Waals surface area contributed by atoms with E-state index in [4.69, 9.17) is 0 Å². The number of nitrogens with one attached hydrogen (secondary N) is 1. The number of thioether (sulfide) groups is 1. The molecule has 110 valence electrons. The van der Waals surface area contributed by atoms with E-state index in [0.717, 1.165) is 25.0 Å². The molecule has 0 radical (unpaired) electrons. The van der Waals surface area contributed by atoms with E-state index in [1.165, 1.54) is 16.9 Å². The second-order valence-electron chi connectivity index (χ2n) is 5.47. The van der Waals surface area contributed by atoms with Crippen LogP contribution in [0.3, 0.4) is 0 Å². The Hall–Kier alpha value is -1.16. The fraction of sp³-hybridized carbons (Fsp3) is 0.562. The molecule has 4 heteroatoms. The van der Waals surface area contributed by atoms with Gasteiger partial charge in [-0.2, -0.15) is 0 Å².